The Bertz CT molecular complexity index is 1800. The zero-order chi connectivity index (χ0) is 29.2. The number of pyridine rings is 1. The van der Waals surface area contributed by atoms with E-state index in [4.69, 9.17) is 0 Å². The molecule has 1 aliphatic carbocycles. The monoisotopic (exact) mass is 586 g/mol. The number of nitrogens with zero attached hydrogens (tertiary/aromatic N) is 6. The first-order chi connectivity index (χ1) is 19.4. The summed E-state index contributed by atoms with van der Waals surface area (Å²) in [6, 6.07) is 10.5. The van der Waals surface area contributed by atoms with Crippen molar-refractivity contribution in [3.05, 3.63) is 95.1 Å². The van der Waals surface area contributed by atoms with E-state index in [9.17, 15) is 30.8 Å². The molecule has 4 heterocycles. The molecule has 0 amide bonds. The average molecular weight is 587 g/mol. The highest BCUT2D eigenvalue weighted by Gasteiger charge is 2.52. The number of hydrogen-bond donors (Lipinski definition) is 0. The summed E-state index contributed by atoms with van der Waals surface area (Å²) >= 11 is 0. The third-order valence-electron chi connectivity index (χ3n) is 7.47. The molecular weight excluding hydrogens is 564 g/mol. The fourth-order valence-electron chi connectivity index (χ4n) is 5.54. The van der Waals surface area contributed by atoms with Crippen LogP contribution in [0.25, 0.3) is 11.8 Å². The minimum Gasteiger partial charge on any atom is -0.291 e. The van der Waals surface area contributed by atoms with Gasteiger partial charge in [-0.2, -0.15) is 27.7 Å². The number of Topliss-reactive ketones (excluding diaryl/α,β-unsaturated/α-hetero) is 1. The third-order valence-corrected chi connectivity index (χ3v) is 9.31. The highest BCUT2D eigenvalue weighted by Crippen LogP contribution is 2.47. The summed E-state index contributed by atoms with van der Waals surface area (Å²) in [6.07, 6.45) is 0.699. The third kappa shape index (κ3) is 4.47. The largest absolute Gasteiger partial charge is 0.436 e. The Kier molecular flexibility index (Phi) is 6.23. The maximum absolute atomic E-state index is 14.1. The van der Waals surface area contributed by atoms with E-state index in [0.717, 1.165) is 15.2 Å². The number of hydrogen-bond acceptors (Lipinski definition) is 6. The molecule has 0 N–H and O–H groups in total. The molecule has 212 valence electrons. The predicted molar refractivity (Wildman–Crippen MR) is 138 cm³/mol. The van der Waals surface area contributed by atoms with Gasteiger partial charge in [0.2, 0.25) is 10.0 Å². The van der Waals surface area contributed by atoms with Gasteiger partial charge < -0.3 is 0 Å². The molecule has 1 saturated heterocycles. The van der Waals surface area contributed by atoms with Gasteiger partial charge in [0, 0.05) is 32.5 Å². The van der Waals surface area contributed by atoms with Crippen molar-refractivity contribution < 1.29 is 30.8 Å². The number of sulfonamides is 1. The molecule has 4 aromatic rings. The van der Waals surface area contributed by atoms with Gasteiger partial charge in [-0.3, -0.25) is 14.5 Å². The van der Waals surface area contributed by atoms with Crippen molar-refractivity contribution >= 4 is 21.9 Å². The number of piperidine rings is 1. The van der Waals surface area contributed by atoms with Crippen LogP contribution in [0.5, 0.6) is 0 Å². The number of alkyl halides is 3. The van der Waals surface area contributed by atoms with Crippen LogP contribution in [0.2, 0.25) is 0 Å². The van der Waals surface area contributed by atoms with E-state index in [-0.39, 0.29) is 25.1 Å². The first kappa shape index (κ1) is 27.0. The van der Waals surface area contributed by atoms with Crippen LogP contribution in [-0.4, -0.2) is 56.1 Å². The maximum atomic E-state index is 14.1. The Morgan fingerprint density at radius 2 is 1.85 bits per heavy atom. The van der Waals surface area contributed by atoms with Crippen molar-refractivity contribution in [2.75, 3.05) is 13.1 Å². The Balaban J connectivity index is 1.46. The standard InChI is InChI=1S/C27H22F4N6O3S/c1-35-15-23(24(34-35)27(29,30)31)41(39,40)36-11-9-18-12-22-17(14-33-37(22)20-7-5-19(28)6-8-20)13-26(18,16-36)25(38)21-4-2-3-10-32-21/h2-8,10,12,14-15H,9,11,13,16H2,1H3/t26-/m0/s1. The van der Waals surface area contributed by atoms with Gasteiger partial charge in [-0.05, 0) is 60.9 Å². The number of carbonyl (C=O) groups excluding carboxylic acids is 1. The zero-order valence-corrected chi connectivity index (χ0v) is 22.3. The number of benzene rings is 1. The summed E-state index contributed by atoms with van der Waals surface area (Å²) in [5.74, 6) is -0.865. The lowest BCUT2D eigenvalue weighted by Crippen LogP contribution is -2.53. The molecule has 41 heavy (non-hydrogen) atoms. The lowest BCUT2D eigenvalue weighted by Gasteiger charge is -2.44. The normalized spacial score (nSPS) is 19.4. The molecule has 2 aliphatic rings. The lowest BCUT2D eigenvalue weighted by atomic mass is 9.65. The Morgan fingerprint density at radius 3 is 2.54 bits per heavy atom. The fraction of sp³-hybridized carbons (Fsp3) is 0.259. The van der Waals surface area contributed by atoms with Gasteiger partial charge in [-0.25, -0.2) is 17.5 Å². The SMILES string of the molecule is Cn1cc(S(=O)(=O)N2CCC3=Cc4c(cnn4-c4ccc(F)cc4)C[C@]3(C(=O)c3ccccn3)C2)c(C(F)(F)F)n1. The van der Waals surface area contributed by atoms with E-state index in [1.807, 2.05) is 0 Å². The van der Waals surface area contributed by atoms with Crippen molar-refractivity contribution in [3.63, 3.8) is 0 Å². The van der Waals surface area contributed by atoms with Gasteiger partial charge in [-0.15, -0.1) is 0 Å². The van der Waals surface area contributed by atoms with Crippen molar-refractivity contribution in [3.8, 4) is 5.69 Å². The minimum atomic E-state index is -5.00. The Hall–Kier alpha value is -4.17. The molecule has 1 fully saturated rings. The number of ketones is 1. The smallest absolute Gasteiger partial charge is 0.291 e. The summed E-state index contributed by atoms with van der Waals surface area (Å²) < 4.78 is 85.4. The second-order valence-corrected chi connectivity index (χ2v) is 11.9. The second kappa shape index (κ2) is 9.45. The van der Waals surface area contributed by atoms with Crippen LogP contribution >= 0.6 is 0 Å². The molecule has 1 atom stereocenters. The summed E-state index contributed by atoms with van der Waals surface area (Å²) in [4.78, 5) is 17.3. The molecule has 3 aromatic heterocycles. The number of aryl methyl sites for hydroxylation is 1. The molecule has 0 unspecified atom stereocenters. The van der Waals surface area contributed by atoms with Crippen molar-refractivity contribution in [2.24, 2.45) is 12.5 Å². The van der Waals surface area contributed by atoms with Crippen LogP contribution in [0.3, 0.4) is 0 Å². The van der Waals surface area contributed by atoms with Crippen LogP contribution < -0.4 is 0 Å². The Labute approximate surface area is 231 Å². The first-order valence-electron chi connectivity index (χ1n) is 12.5. The van der Waals surface area contributed by atoms with Gasteiger partial charge in [0.05, 0.1) is 23.0 Å². The molecule has 6 rings (SSSR count). The molecule has 0 spiro atoms. The molecule has 14 heteroatoms. The zero-order valence-electron chi connectivity index (χ0n) is 21.5. The molecule has 0 radical (unpaired) electrons. The topological polar surface area (TPSA) is 103 Å². The number of rotatable bonds is 5. The van der Waals surface area contributed by atoms with Gasteiger partial charge in [0.1, 0.15) is 16.4 Å². The van der Waals surface area contributed by atoms with Crippen molar-refractivity contribution in [2.45, 2.75) is 23.9 Å². The van der Waals surface area contributed by atoms with Crippen LogP contribution in [0.4, 0.5) is 17.6 Å². The van der Waals surface area contributed by atoms with E-state index >= 15 is 0 Å². The van der Waals surface area contributed by atoms with Gasteiger partial charge >= 0.3 is 6.18 Å². The highest BCUT2D eigenvalue weighted by molar-refractivity contribution is 7.89. The van der Waals surface area contributed by atoms with E-state index in [1.54, 1.807) is 41.2 Å². The van der Waals surface area contributed by atoms with E-state index in [2.05, 4.69) is 15.2 Å². The molecule has 1 aliphatic heterocycles. The van der Waals surface area contributed by atoms with Crippen LogP contribution in [-0.2, 0) is 29.7 Å². The first-order valence-corrected chi connectivity index (χ1v) is 13.9. The summed E-state index contributed by atoms with van der Waals surface area (Å²) in [5.41, 5.74) is -0.382. The molecular formula is C27H22F4N6O3S. The van der Waals surface area contributed by atoms with E-state index < -0.39 is 50.3 Å². The second-order valence-electron chi connectivity index (χ2n) is 10.0. The van der Waals surface area contributed by atoms with Gasteiger partial charge in [-0.1, -0.05) is 11.6 Å². The van der Waals surface area contributed by atoms with Crippen LogP contribution in [0, 0.1) is 11.2 Å². The molecule has 0 bridgehead atoms. The number of carbonyl (C=O) groups is 1. The molecule has 0 saturated carbocycles. The van der Waals surface area contributed by atoms with E-state index in [1.165, 1.54) is 31.4 Å². The fourth-order valence-corrected chi connectivity index (χ4v) is 7.23. The highest BCUT2D eigenvalue weighted by atomic mass is 32.2. The molecule has 9 nitrogen and oxygen atoms in total. The number of halogens is 4. The Morgan fingerprint density at radius 1 is 1.10 bits per heavy atom. The average Bonchev–Trinajstić information content (AvgIpc) is 3.55. The van der Waals surface area contributed by atoms with Gasteiger partial charge in [0.25, 0.3) is 0 Å². The maximum Gasteiger partial charge on any atom is 0.436 e. The van der Waals surface area contributed by atoms with Gasteiger partial charge in [0.15, 0.2) is 11.5 Å². The van der Waals surface area contributed by atoms with Crippen molar-refractivity contribution in [1.82, 2.24) is 28.9 Å². The van der Waals surface area contributed by atoms with Crippen molar-refractivity contribution in [1.29, 1.82) is 0 Å². The summed E-state index contributed by atoms with van der Waals surface area (Å²) in [6.45, 7) is -0.554. The van der Waals surface area contributed by atoms with Crippen LogP contribution in [0.1, 0.15) is 33.9 Å². The number of aromatic nitrogens is 5. The summed E-state index contributed by atoms with van der Waals surface area (Å²) in [5, 5.41) is 7.78. The minimum absolute atomic E-state index is 0.0377. The van der Waals surface area contributed by atoms with E-state index in [0.29, 0.717) is 22.5 Å². The van der Waals surface area contributed by atoms with Crippen LogP contribution in [0.15, 0.2) is 71.5 Å². The summed E-state index contributed by atoms with van der Waals surface area (Å²) in [7, 11) is -3.50. The number of fused-ring (bicyclic) bond motifs is 2. The quantitative estimate of drug-likeness (QED) is 0.258. The molecule has 1 aromatic carbocycles. The lowest BCUT2D eigenvalue weighted by molar-refractivity contribution is -0.143. The predicted octanol–water partition coefficient (Wildman–Crippen LogP) is 4.06.